The van der Waals surface area contributed by atoms with Crippen molar-refractivity contribution in [3.05, 3.63) is 61.7 Å². The van der Waals surface area contributed by atoms with E-state index in [1.165, 1.54) is 4.68 Å². The molecule has 7 nitrogen and oxygen atoms in total. The maximum Gasteiger partial charge on any atom is 0.290 e. The van der Waals surface area contributed by atoms with Gasteiger partial charge in [0.15, 0.2) is 5.69 Å². The predicted octanol–water partition coefficient (Wildman–Crippen LogP) is 2.21. The van der Waals surface area contributed by atoms with Gasteiger partial charge in [0.1, 0.15) is 0 Å². The molecule has 0 atom stereocenters. The predicted molar refractivity (Wildman–Crippen MR) is 95.9 cm³/mol. The van der Waals surface area contributed by atoms with E-state index in [4.69, 9.17) is 11.6 Å². The molecule has 2 aromatic heterocycles. The smallest absolute Gasteiger partial charge is 0.267 e. The number of aromatic nitrogens is 2. The minimum atomic E-state index is -0.616. The molecule has 0 radical (unpaired) electrons. The van der Waals surface area contributed by atoms with E-state index < -0.39 is 11.8 Å². The molecule has 0 bridgehead atoms. The number of nitrogens with one attached hydrogen (secondary N) is 2. The lowest BCUT2D eigenvalue weighted by Gasteiger charge is -2.10. The second-order valence-corrected chi connectivity index (χ2v) is 6.74. The average Bonchev–Trinajstić information content (AvgIpc) is 3.06. The fourth-order valence-electron chi connectivity index (χ4n) is 2.29. The molecule has 3 rings (SSSR count). The third-order valence-corrected chi connectivity index (χ3v) is 4.70. The zero-order chi connectivity index (χ0) is 18.0. The van der Waals surface area contributed by atoms with E-state index in [1.54, 1.807) is 43.3 Å². The number of rotatable bonds is 3. The summed E-state index contributed by atoms with van der Waals surface area (Å²) in [6.07, 6.45) is 0. The van der Waals surface area contributed by atoms with Crippen LogP contribution < -0.4 is 16.4 Å². The number of nitrogens with zero attached hydrogens (tertiary/aromatic N) is 2. The van der Waals surface area contributed by atoms with Crippen LogP contribution in [0.3, 0.4) is 0 Å². The maximum absolute atomic E-state index is 12.5. The highest BCUT2D eigenvalue weighted by Crippen LogP contribution is 2.21. The molecule has 128 valence electrons. The summed E-state index contributed by atoms with van der Waals surface area (Å²) in [4.78, 5) is 37.1. The van der Waals surface area contributed by atoms with Gasteiger partial charge in [-0.05, 0) is 25.1 Å². The fourth-order valence-corrected chi connectivity index (χ4v) is 3.23. The minimum Gasteiger partial charge on any atom is -0.267 e. The van der Waals surface area contributed by atoms with E-state index in [0.717, 1.165) is 11.3 Å². The van der Waals surface area contributed by atoms with Crippen molar-refractivity contribution in [3.63, 3.8) is 0 Å². The Labute approximate surface area is 151 Å². The number of thiophene rings is 1. The molecule has 9 heteroatoms. The Hall–Kier alpha value is -2.71. The Kier molecular flexibility index (Phi) is 4.82. The number of hydrogen-bond acceptors (Lipinski definition) is 5. The van der Waals surface area contributed by atoms with Crippen molar-refractivity contribution >= 4 is 45.5 Å². The zero-order valence-electron chi connectivity index (χ0n) is 13.1. The van der Waals surface area contributed by atoms with Crippen molar-refractivity contribution in [1.82, 2.24) is 20.6 Å². The van der Waals surface area contributed by atoms with Gasteiger partial charge in [0.05, 0.1) is 14.6 Å². The first kappa shape index (κ1) is 17.1. The number of carbonyl (C=O) groups excluding carboxylic acids is 2. The summed E-state index contributed by atoms with van der Waals surface area (Å²) in [5.74, 6) is -1.10. The summed E-state index contributed by atoms with van der Waals surface area (Å²) in [5.41, 5.74) is 4.42. The molecular weight excluding hydrogens is 364 g/mol. The monoisotopic (exact) mass is 376 g/mol. The van der Waals surface area contributed by atoms with Crippen LogP contribution in [0.1, 0.15) is 27.1 Å². The SMILES string of the molecule is CCn1nc(C(=O)NNC(=O)c2ccc(Cl)s2)c2ccccc2c1=O. The summed E-state index contributed by atoms with van der Waals surface area (Å²) < 4.78 is 1.68. The van der Waals surface area contributed by atoms with Gasteiger partial charge < -0.3 is 0 Å². The second-order valence-electron chi connectivity index (χ2n) is 5.03. The molecule has 0 unspecified atom stereocenters. The van der Waals surface area contributed by atoms with E-state index >= 15 is 0 Å². The molecule has 0 saturated heterocycles. The van der Waals surface area contributed by atoms with E-state index in [2.05, 4.69) is 16.0 Å². The highest BCUT2D eigenvalue weighted by atomic mass is 35.5. The third kappa shape index (κ3) is 3.40. The molecule has 2 heterocycles. The molecule has 2 amide bonds. The van der Waals surface area contributed by atoms with E-state index in [0.29, 0.717) is 26.5 Å². The average molecular weight is 377 g/mol. The van der Waals surface area contributed by atoms with Gasteiger partial charge in [0, 0.05) is 11.9 Å². The third-order valence-electron chi connectivity index (χ3n) is 3.47. The molecule has 0 aliphatic heterocycles. The minimum absolute atomic E-state index is 0.0570. The second kappa shape index (κ2) is 7.04. The van der Waals surface area contributed by atoms with Gasteiger partial charge in [-0.3, -0.25) is 25.2 Å². The molecule has 0 aliphatic carbocycles. The van der Waals surface area contributed by atoms with Crippen LogP contribution in [0.2, 0.25) is 4.34 Å². The molecular formula is C16H13ClN4O3S. The lowest BCUT2D eigenvalue weighted by Crippen LogP contribution is -2.42. The van der Waals surface area contributed by atoms with E-state index in [-0.39, 0.29) is 11.3 Å². The van der Waals surface area contributed by atoms with Crippen LogP contribution in [0.25, 0.3) is 10.8 Å². The molecule has 0 fully saturated rings. The van der Waals surface area contributed by atoms with E-state index in [1.807, 2.05) is 0 Å². The zero-order valence-corrected chi connectivity index (χ0v) is 14.6. The number of benzene rings is 1. The molecule has 3 aromatic rings. The van der Waals surface area contributed by atoms with Crippen molar-refractivity contribution in [1.29, 1.82) is 0 Å². The highest BCUT2D eigenvalue weighted by Gasteiger charge is 2.17. The number of carbonyl (C=O) groups is 2. The summed E-state index contributed by atoms with van der Waals surface area (Å²) >= 11 is 6.88. The Bertz CT molecular complexity index is 1030. The van der Waals surface area contributed by atoms with Gasteiger partial charge in [-0.2, -0.15) is 5.10 Å². The fraction of sp³-hybridized carbons (Fsp3) is 0.125. The number of amides is 2. The van der Waals surface area contributed by atoms with Crippen LogP contribution in [0.15, 0.2) is 41.2 Å². The van der Waals surface area contributed by atoms with Crippen molar-refractivity contribution < 1.29 is 9.59 Å². The van der Waals surface area contributed by atoms with Crippen molar-refractivity contribution in [3.8, 4) is 0 Å². The molecule has 0 saturated carbocycles. The molecule has 2 N–H and O–H groups in total. The quantitative estimate of drug-likeness (QED) is 0.685. The summed E-state index contributed by atoms with van der Waals surface area (Å²) in [6.45, 7) is 2.08. The standard InChI is InChI=1S/C16H13ClN4O3S/c1-2-21-16(24)10-6-4-3-5-9(10)13(20-21)15(23)19-18-14(22)11-7-8-12(17)25-11/h3-8H,2H2,1H3,(H,18,22)(H,19,23). The van der Waals surface area contributed by atoms with Crippen LogP contribution in [0.4, 0.5) is 0 Å². The van der Waals surface area contributed by atoms with Crippen molar-refractivity contribution in [2.24, 2.45) is 0 Å². The summed E-state index contributed by atoms with van der Waals surface area (Å²) in [6, 6.07) is 9.85. The molecule has 0 aliphatic rings. The topological polar surface area (TPSA) is 93.1 Å². The number of hydrazine groups is 1. The van der Waals surface area contributed by atoms with Gasteiger partial charge in [-0.15, -0.1) is 11.3 Å². The van der Waals surface area contributed by atoms with Crippen LogP contribution in [-0.2, 0) is 6.54 Å². The highest BCUT2D eigenvalue weighted by molar-refractivity contribution is 7.17. The van der Waals surface area contributed by atoms with Crippen LogP contribution in [-0.4, -0.2) is 21.6 Å². The first-order valence-electron chi connectivity index (χ1n) is 7.37. The largest absolute Gasteiger partial charge is 0.290 e. The lowest BCUT2D eigenvalue weighted by atomic mass is 10.1. The first-order chi connectivity index (χ1) is 12.0. The Morgan fingerprint density at radius 1 is 1.12 bits per heavy atom. The van der Waals surface area contributed by atoms with E-state index in [9.17, 15) is 14.4 Å². The lowest BCUT2D eigenvalue weighted by molar-refractivity contribution is 0.0846. The Morgan fingerprint density at radius 2 is 1.80 bits per heavy atom. The van der Waals surface area contributed by atoms with Crippen molar-refractivity contribution in [2.45, 2.75) is 13.5 Å². The number of halogens is 1. The number of hydrogen-bond donors (Lipinski definition) is 2. The molecule has 1 aromatic carbocycles. The Morgan fingerprint density at radius 3 is 2.44 bits per heavy atom. The van der Waals surface area contributed by atoms with Crippen molar-refractivity contribution in [2.75, 3.05) is 0 Å². The van der Waals surface area contributed by atoms with Gasteiger partial charge >= 0.3 is 0 Å². The van der Waals surface area contributed by atoms with Gasteiger partial charge in [-0.25, -0.2) is 4.68 Å². The van der Waals surface area contributed by atoms with Gasteiger partial charge in [0.2, 0.25) is 0 Å². The number of fused-ring (bicyclic) bond motifs is 1. The molecule has 25 heavy (non-hydrogen) atoms. The van der Waals surface area contributed by atoms with Gasteiger partial charge in [-0.1, -0.05) is 29.8 Å². The van der Waals surface area contributed by atoms with Crippen LogP contribution >= 0.6 is 22.9 Å². The van der Waals surface area contributed by atoms with Crippen LogP contribution in [0.5, 0.6) is 0 Å². The van der Waals surface area contributed by atoms with Gasteiger partial charge in [0.25, 0.3) is 17.4 Å². The van der Waals surface area contributed by atoms with Crippen LogP contribution in [0, 0.1) is 0 Å². The Balaban J connectivity index is 1.88. The molecule has 0 spiro atoms. The normalized spacial score (nSPS) is 10.6. The first-order valence-corrected chi connectivity index (χ1v) is 8.56. The summed E-state index contributed by atoms with van der Waals surface area (Å²) in [7, 11) is 0. The summed E-state index contributed by atoms with van der Waals surface area (Å²) in [5, 5.41) is 4.91. The number of aryl methyl sites for hydroxylation is 1. The maximum atomic E-state index is 12.5.